The van der Waals surface area contributed by atoms with Crippen molar-refractivity contribution in [2.24, 2.45) is 4.99 Å². The molecule has 0 aliphatic heterocycles. The second-order valence-corrected chi connectivity index (χ2v) is 3.92. The summed E-state index contributed by atoms with van der Waals surface area (Å²) in [5.74, 6) is 0. The van der Waals surface area contributed by atoms with Gasteiger partial charge in [-0.25, -0.2) is 4.79 Å². The Hall–Kier alpha value is -0.0400. The molecule has 11 heavy (non-hydrogen) atoms. The summed E-state index contributed by atoms with van der Waals surface area (Å²) in [6.07, 6.45) is 5.03. The first-order valence-electron chi connectivity index (χ1n) is 3.61. The van der Waals surface area contributed by atoms with E-state index in [1.165, 1.54) is 6.08 Å². The summed E-state index contributed by atoms with van der Waals surface area (Å²) in [4.78, 5) is 12.6. The number of halogens is 2. The third-order valence-corrected chi connectivity index (χ3v) is 3.17. The van der Waals surface area contributed by atoms with Crippen molar-refractivity contribution in [3.63, 3.8) is 0 Å². The Balaban J connectivity index is 2.72. The van der Waals surface area contributed by atoms with E-state index < -0.39 is 5.00 Å². The normalized spacial score (nSPS) is 37.8. The number of rotatable bonds is 1. The highest BCUT2D eigenvalue weighted by Gasteiger charge is 2.37. The maximum absolute atomic E-state index is 9.99. The predicted octanol–water partition coefficient (Wildman–Crippen LogP) is 2.44. The van der Waals surface area contributed by atoms with Crippen molar-refractivity contribution in [3.8, 4) is 0 Å². The Morgan fingerprint density at radius 2 is 2.27 bits per heavy atom. The fourth-order valence-corrected chi connectivity index (χ4v) is 1.87. The van der Waals surface area contributed by atoms with E-state index in [4.69, 9.17) is 23.2 Å². The van der Waals surface area contributed by atoms with Crippen molar-refractivity contribution in [1.29, 1.82) is 0 Å². The van der Waals surface area contributed by atoms with E-state index in [2.05, 4.69) is 4.99 Å². The molecular formula is C7H9Cl2NO. The number of hydrogen-bond acceptors (Lipinski definition) is 2. The van der Waals surface area contributed by atoms with Crippen LogP contribution in [0.5, 0.6) is 0 Å². The molecule has 1 aliphatic rings. The quantitative estimate of drug-likeness (QED) is 0.273. The first-order chi connectivity index (χ1) is 5.19. The molecule has 2 unspecified atom stereocenters. The SMILES string of the molecule is O=C=NC1(Cl)CCCCC1Cl. The van der Waals surface area contributed by atoms with E-state index in [9.17, 15) is 4.79 Å². The molecule has 2 atom stereocenters. The molecule has 0 saturated heterocycles. The van der Waals surface area contributed by atoms with Gasteiger partial charge in [-0.05, 0) is 19.3 Å². The van der Waals surface area contributed by atoms with Gasteiger partial charge in [-0.3, -0.25) is 0 Å². The number of carbonyl (C=O) groups excluding carboxylic acids is 1. The maximum Gasteiger partial charge on any atom is 0.236 e. The zero-order valence-electron chi connectivity index (χ0n) is 6.02. The maximum atomic E-state index is 9.99. The van der Waals surface area contributed by atoms with Crippen LogP contribution in [-0.4, -0.2) is 16.5 Å². The fraction of sp³-hybridized carbons (Fsp3) is 0.857. The second kappa shape index (κ2) is 3.57. The van der Waals surface area contributed by atoms with Crippen LogP contribution in [0.1, 0.15) is 25.7 Å². The largest absolute Gasteiger partial charge is 0.236 e. The van der Waals surface area contributed by atoms with Crippen LogP contribution in [0.4, 0.5) is 0 Å². The predicted molar refractivity (Wildman–Crippen MR) is 44.8 cm³/mol. The zero-order chi connectivity index (χ0) is 8.32. The molecule has 0 amide bonds. The lowest BCUT2D eigenvalue weighted by atomic mass is 9.95. The van der Waals surface area contributed by atoms with Gasteiger partial charge < -0.3 is 0 Å². The molecule has 0 aromatic heterocycles. The molecule has 1 fully saturated rings. The van der Waals surface area contributed by atoms with E-state index in [1.54, 1.807) is 0 Å². The lowest BCUT2D eigenvalue weighted by Gasteiger charge is -2.30. The summed E-state index contributed by atoms with van der Waals surface area (Å²) >= 11 is 11.9. The molecule has 1 aliphatic carbocycles. The standard InChI is InChI=1S/C7H9Cl2NO/c8-6-3-1-2-4-7(6,9)10-5-11/h6H,1-4H2. The number of aliphatic imine (C=N–C) groups is 1. The van der Waals surface area contributed by atoms with Crippen molar-refractivity contribution in [1.82, 2.24) is 0 Å². The van der Waals surface area contributed by atoms with Gasteiger partial charge in [0.05, 0.1) is 5.38 Å². The molecule has 1 saturated carbocycles. The molecule has 0 N–H and O–H groups in total. The van der Waals surface area contributed by atoms with Gasteiger partial charge in [-0.15, -0.1) is 11.6 Å². The van der Waals surface area contributed by atoms with Crippen LogP contribution in [0.3, 0.4) is 0 Å². The first kappa shape index (κ1) is 9.05. The Bertz CT molecular complexity index is 191. The zero-order valence-corrected chi connectivity index (χ0v) is 7.53. The van der Waals surface area contributed by atoms with Gasteiger partial charge in [0, 0.05) is 0 Å². The second-order valence-electron chi connectivity index (χ2n) is 2.74. The molecule has 0 bridgehead atoms. The third kappa shape index (κ3) is 1.96. The molecular weight excluding hydrogens is 185 g/mol. The van der Waals surface area contributed by atoms with Crippen molar-refractivity contribution in [2.75, 3.05) is 0 Å². The summed E-state index contributed by atoms with van der Waals surface area (Å²) in [6.45, 7) is 0. The number of isocyanates is 1. The van der Waals surface area contributed by atoms with Crippen LogP contribution in [0.25, 0.3) is 0 Å². The number of alkyl halides is 2. The highest BCUT2D eigenvalue weighted by molar-refractivity contribution is 6.32. The van der Waals surface area contributed by atoms with Gasteiger partial charge in [0.15, 0.2) is 5.00 Å². The van der Waals surface area contributed by atoms with Gasteiger partial charge in [0.25, 0.3) is 0 Å². The summed E-state index contributed by atoms with van der Waals surface area (Å²) in [5.41, 5.74) is 0. The van der Waals surface area contributed by atoms with Gasteiger partial charge in [-0.1, -0.05) is 18.0 Å². The van der Waals surface area contributed by atoms with Crippen LogP contribution in [0.15, 0.2) is 4.99 Å². The molecule has 1 rings (SSSR count). The van der Waals surface area contributed by atoms with E-state index >= 15 is 0 Å². The molecule has 0 heterocycles. The third-order valence-electron chi connectivity index (χ3n) is 1.95. The van der Waals surface area contributed by atoms with Gasteiger partial charge in [0.2, 0.25) is 6.08 Å². The number of hydrogen-bond donors (Lipinski definition) is 0. The monoisotopic (exact) mass is 193 g/mol. The lowest BCUT2D eigenvalue weighted by Crippen LogP contribution is -2.33. The minimum absolute atomic E-state index is 0.223. The van der Waals surface area contributed by atoms with Crippen molar-refractivity contribution >= 4 is 29.3 Å². The van der Waals surface area contributed by atoms with E-state index in [-0.39, 0.29) is 5.38 Å². The topological polar surface area (TPSA) is 29.4 Å². The molecule has 0 aromatic rings. The summed E-state index contributed by atoms with van der Waals surface area (Å²) in [7, 11) is 0. The Kier molecular flexibility index (Phi) is 2.94. The van der Waals surface area contributed by atoms with Gasteiger partial charge >= 0.3 is 0 Å². The lowest BCUT2D eigenvalue weighted by molar-refractivity contribution is 0.405. The minimum Gasteiger partial charge on any atom is -0.211 e. The molecule has 0 spiro atoms. The Morgan fingerprint density at radius 3 is 2.82 bits per heavy atom. The minimum atomic E-state index is -0.873. The van der Waals surface area contributed by atoms with Gasteiger partial charge in [-0.2, -0.15) is 4.99 Å². The Morgan fingerprint density at radius 1 is 1.55 bits per heavy atom. The average Bonchev–Trinajstić information content (AvgIpc) is 1.96. The van der Waals surface area contributed by atoms with E-state index in [0.717, 1.165) is 19.3 Å². The molecule has 0 aromatic carbocycles. The van der Waals surface area contributed by atoms with Crippen LogP contribution >= 0.6 is 23.2 Å². The van der Waals surface area contributed by atoms with Crippen LogP contribution in [0, 0.1) is 0 Å². The molecule has 0 radical (unpaired) electrons. The average molecular weight is 194 g/mol. The molecule has 62 valence electrons. The van der Waals surface area contributed by atoms with Gasteiger partial charge in [0.1, 0.15) is 0 Å². The van der Waals surface area contributed by atoms with Crippen LogP contribution in [-0.2, 0) is 4.79 Å². The smallest absolute Gasteiger partial charge is 0.211 e. The highest BCUT2D eigenvalue weighted by atomic mass is 35.5. The van der Waals surface area contributed by atoms with Crippen molar-refractivity contribution in [3.05, 3.63) is 0 Å². The molecule has 2 nitrogen and oxygen atoms in total. The van der Waals surface area contributed by atoms with Crippen LogP contribution in [0.2, 0.25) is 0 Å². The first-order valence-corrected chi connectivity index (χ1v) is 4.42. The summed E-state index contributed by atoms with van der Waals surface area (Å²) in [5, 5.41) is -0.223. The van der Waals surface area contributed by atoms with Crippen molar-refractivity contribution < 1.29 is 4.79 Å². The van der Waals surface area contributed by atoms with Crippen molar-refractivity contribution in [2.45, 2.75) is 36.1 Å². The highest BCUT2D eigenvalue weighted by Crippen LogP contribution is 2.38. The Labute approximate surface area is 75.6 Å². The van der Waals surface area contributed by atoms with E-state index in [1.807, 2.05) is 0 Å². The summed E-state index contributed by atoms with van der Waals surface area (Å²) < 4.78 is 0. The summed E-state index contributed by atoms with van der Waals surface area (Å²) in [6, 6.07) is 0. The fourth-order valence-electron chi connectivity index (χ4n) is 1.28. The molecule has 4 heteroatoms. The van der Waals surface area contributed by atoms with Crippen LogP contribution < -0.4 is 0 Å². The van der Waals surface area contributed by atoms with E-state index in [0.29, 0.717) is 6.42 Å². The number of nitrogens with zero attached hydrogens (tertiary/aromatic N) is 1.